The molecule has 2 N–H and O–H groups in total. The number of aliphatic hydroxyl groups is 2. The molecular weight excluding hydrogens is 279 g/mol. The molecule has 1 aliphatic heterocycles. The van der Waals surface area contributed by atoms with E-state index in [9.17, 15) is 14.5 Å². The SMILES string of the molecule is CC.COP(=O)(OC)OCCC1OC(=O)C(O)=C1O. The van der Waals surface area contributed by atoms with E-state index in [-0.39, 0.29) is 13.0 Å². The van der Waals surface area contributed by atoms with E-state index in [0.29, 0.717) is 0 Å². The minimum Gasteiger partial charge on any atom is -0.505 e. The van der Waals surface area contributed by atoms with Gasteiger partial charge in [0.05, 0.1) is 6.61 Å². The Morgan fingerprint density at radius 1 is 1.26 bits per heavy atom. The fraction of sp³-hybridized carbons (Fsp3) is 0.700. The number of esters is 1. The molecule has 0 aromatic rings. The largest absolute Gasteiger partial charge is 0.505 e. The Kier molecular flexibility index (Phi) is 7.70. The molecule has 0 bridgehead atoms. The third kappa shape index (κ3) is 4.83. The van der Waals surface area contributed by atoms with E-state index < -0.39 is 31.4 Å². The number of hydrogen-bond acceptors (Lipinski definition) is 8. The van der Waals surface area contributed by atoms with Gasteiger partial charge in [-0.3, -0.25) is 13.6 Å². The first-order chi connectivity index (χ1) is 8.93. The third-order valence-electron chi connectivity index (χ3n) is 2.07. The van der Waals surface area contributed by atoms with Crippen LogP contribution < -0.4 is 0 Å². The minimum absolute atomic E-state index is 0.0122. The molecule has 0 aliphatic carbocycles. The average molecular weight is 298 g/mol. The maximum atomic E-state index is 11.4. The Labute approximate surface area is 111 Å². The Morgan fingerprint density at radius 3 is 2.16 bits per heavy atom. The normalized spacial score (nSPS) is 18.9. The predicted octanol–water partition coefficient (Wildman–Crippen LogP) is 2.07. The summed E-state index contributed by atoms with van der Waals surface area (Å²) >= 11 is 0. The number of phosphoric ester groups is 1. The molecule has 1 heterocycles. The van der Waals surface area contributed by atoms with Gasteiger partial charge in [-0.2, -0.15) is 0 Å². The van der Waals surface area contributed by atoms with Crippen LogP contribution in [-0.4, -0.2) is 43.1 Å². The van der Waals surface area contributed by atoms with Gasteiger partial charge in [-0.05, 0) is 0 Å². The second-order valence-corrected chi connectivity index (χ2v) is 4.94. The second kappa shape index (κ2) is 8.16. The molecule has 0 saturated heterocycles. The number of aliphatic hydroxyl groups excluding tert-OH is 2. The van der Waals surface area contributed by atoms with E-state index >= 15 is 0 Å². The first kappa shape index (κ1) is 17.9. The highest BCUT2D eigenvalue weighted by molar-refractivity contribution is 7.48. The number of carbonyl (C=O) groups excluding carboxylic acids is 1. The molecule has 0 aromatic heterocycles. The third-order valence-corrected chi connectivity index (χ3v) is 3.46. The molecule has 0 saturated carbocycles. The summed E-state index contributed by atoms with van der Waals surface area (Å²) in [7, 11) is -1.28. The molecule has 1 rings (SSSR count). The molecule has 0 radical (unpaired) electrons. The quantitative estimate of drug-likeness (QED) is 0.566. The standard InChI is InChI=1S/C8H13O8P.C2H6/c1-13-17(12,14-2)15-4-3-5-6(9)7(10)8(11)16-5;1-2/h5,9-10H,3-4H2,1-2H3;1-2H3. The van der Waals surface area contributed by atoms with Gasteiger partial charge in [-0.1, -0.05) is 13.8 Å². The van der Waals surface area contributed by atoms with E-state index in [1.54, 1.807) is 0 Å². The monoisotopic (exact) mass is 298 g/mol. The zero-order valence-electron chi connectivity index (χ0n) is 11.3. The molecule has 9 heteroatoms. The minimum atomic E-state index is -3.59. The van der Waals surface area contributed by atoms with Gasteiger partial charge in [0.15, 0.2) is 11.9 Å². The first-order valence-corrected chi connectivity index (χ1v) is 7.08. The zero-order valence-corrected chi connectivity index (χ0v) is 12.2. The van der Waals surface area contributed by atoms with Crippen molar-refractivity contribution < 1.29 is 37.9 Å². The molecule has 0 fully saturated rings. The summed E-state index contributed by atoms with van der Waals surface area (Å²) in [5, 5.41) is 18.3. The van der Waals surface area contributed by atoms with Crippen LogP contribution in [0.25, 0.3) is 0 Å². The number of hydrogen-bond donors (Lipinski definition) is 2. The number of phosphoric acid groups is 1. The molecule has 8 nitrogen and oxygen atoms in total. The van der Waals surface area contributed by atoms with Crippen molar-refractivity contribution in [3.05, 3.63) is 11.5 Å². The van der Waals surface area contributed by atoms with Crippen molar-refractivity contribution in [3.63, 3.8) is 0 Å². The lowest BCUT2D eigenvalue weighted by Crippen LogP contribution is -2.14. The van der Waals surface area contributed by atoms with Crippen molar-refractivity contribution in [2.45, 2.75) is 26.4 Å². The Morgan fingerprint density at radius 2 is 1.79 bits per heavy atom. The highest BCUT2D eigenvalue weighted by Crippen LogP contribution is 2.47. The summed E-state index contributed by atoms with van der Waals surface area (Å²) in [5.41, 5.74) is 0. The summed E-state index contributed by atoms with van der Waals surface area (Å²) in [6, 6.07) is 0. The zero-order chi connectivity index (χ0) is 15.1. The van der Waals surface area contributed by atoms with Crippen LogP contribution >= 0.6 is 7.82 Å². The molecule has 112 valence electrons. The van der Waals surface area contributed by atoms with E-state index in [4.69, 9.17) is 9.63 Å². The first-order valence-electron chi connectivity index (χ1n) is 5.62. The number of carbonyl (C=O) groups is 1. The van der Waals surface area contributed by atoms with Gasteiger partial charge in [0, 0.05) is 20.6 Å². The molecule has 19 heavy (non-hydrogen) atoms. The summed E-state index contributed by atoms with van der Waals surface area (Å²) in [5.74, 6) is -2.39. The Hall–Kier alpha value is -1.08. The lowest BCUT2D eigenvalue weighted by Gasteiger charge is -2.14. The number of cyclic esters (lactones) is 1. The highest BCUT2D eigenvalue weighted by atomic mass is 31.2. The second-order valence-electron chi connectivity index (χ2n) is 3.06. The van der Waals surface area contributed by atoms with Gasteiger partial charge in [-0.25, -0.2) is 9.36 Å². The predicted molar refractivity (Wildman–Crippen MR) is 65.7 cm³/mol. The van der Waals surface area contributed by atoms with Crippen molar-refractivity contribution >= 4 is 13.8 Å². The summed E-state index contributed by atoms with van der Waals surface area (Å²) in [6.07, 6.45) is -0.997. The summed E-state index contributed by atoms with van der Waals surface area (Å²) in [6.45, 7) is 3.86. The molecule has 1 aliphatic rings. The van der Waals surface area contributed by atoms with E-state index in [1.807, 2.05) is 13.8 Å². The lowest BCUT2D eigenvalue weighted by molar-refractivity contribution is -0.142. The fourth-order valence-corrected chi connectivity index (χ4v) is 1.83. The van der Waals surface area contributed by atoms with Gasteiger partial charge in [0.1, 0.15) is 0 Å². The number of ether oxygens (including phenoxy) is 1. The van der Waals surface area contributed by atoms with E-state index in [1.165, 1.54) is 0 Å². The lowest BCUT2D eigenvalue weighted by atomic mass is 10.2. The van der Waals surface area contributed by atoms with Crippen LogP contribution in [0.4, 0.5) is 0 Å². The van der Waals surface area contributed by atoms with Gasteiger partial charge in [0.25, 0.3) is 0 Å². The Bertz CT molecular complexity index is 370. The van der Waals surface area contributed by atoms with Gasteiger partial charge in [-0.15, -0.1) is 0 Å². The Balaban J connectivity index is 0.00000154. The van der Waals surface area contributed by atoms with Crippen molar-refractivity contribution in [1.82, 2.24) is 0 Å². The summed E-state index contributed by atoms with van der Waals surface area (Å²) < 4.78 is 29.9. The maximum absolute atomic E-state index is 11.4. The smallest absolute Gasteiger partial charge is 0.474 e. The van der Waals surface area contributed by atoms with Gasteiger partial charge >= 0.3 is 13.8 Å². The molecule has 1 atom stereocenters. The van der Waals surface area contributed by atoms with Crippen LogP contribution in [0.2, 0.25) is 0 Å². The molecular formula is C10H19O8P. The maximum Gasteiger partial charge on any atom is 0.474 e. The van der Waals surface area contributed by atoms with Gasteiger partial charge in [0.2, 0.25) is 5.76 Å². The van der Waals surface area contributed by atoms with Crippen molar-refractivity contribution in [1.29, 1.82) is 0 Å². The van der Waals surface area contributed by atoms with Crippen LogP contribution in [0.15, 0.2) is 11.5 Å². The van der Waals surface area contributed by atoms with Crippen LogP contribution in [0, 0.1) is 0 Å². The van der Waals surface area contributed by atoms with E-state index in [2.05, 4.69) is 13.8 Å². The fourth-order valence-electron chi connectivity index (χ4n) is 1.15. The van der Waals surface area contributed by atoms with E-state index in [0.717, 1.165) is 14.2 Å². The van der Waals surface area contributed by atoms with Crippen LogP contribution in [-0.2, 0) is 27.7 Å². The van der Waals surface area contributed by atoms with Crippen LogP contribution in [0.1, 0.15) is 20.3 Å². The van der Waals surface area contributed by atoms with Crippen LogP contribution in [0.5, 0.6) is 0 Å². The van der Waals surface area contributed by atoms with Crippen molar-refractivity contribution in [2.24, 2.45) is 0 Å². The molecule has 0 spiro atoms. The molecule has 0 aromatic carbocycles. The van der Waals surface area contributed by atoms with Crippen molar-refractivity contribution in [2.75, 3.05) is 20.8 Å². The van der Waals surface area contributed by atoms with Crippen LogP contribution in [0.3, 0.4) is 0 Å². The topological polar surface area (TPSA) is 112 Å². The number of rotatable bonds is 6. The molecule has 0 amide bonds. The average Bonchev–Trinajstić information content (AvgIpc) is 2.68. The van der Waals surface area contributed by atoms with Gasteiger partial charge < -0.3 is 14.9 Å². The summed E-state index contributed by atoms with van der Waals surface area (Å²) in [4.78, 5) is 10.8. The highest BCUT2D eigenvalue weighted by Gasteiger charge is 2.34. The molecule has 1 unspecified atom stereocenters. The van der Waals surface area contributed by atoms with Crippen molar-refractivity contribution in [3.8, 4) is 0 Å².